The number of hydrogen-bond donors (Lipinski definition) is 1. The molecule has 1 N–H and O–H groups in total. The molecule has 0 radical (unpaired) electrons. The minimum atomic E-state index is -0.517. The van der Waals surface area contributed by atoms with Crippen LogP contribution in [0.1, 0.15) is 32.3 Å². The van der Waals surface area contributed by atoms with Crippen LogP contribution >= 0.6 is 0 Å². The van der Waals surface area contributed by atoms with Crippen molar-refractivity contribution in [1.82, 2.24) is 5.32 Å². The van der Waals surface area contributed by atoms with Crippen LogP contribution in [0, 0.1) is 11.6 Å². The third-order valence-electron chi connectivity index (χ3n) is 3.56. The van der Waals surface area contributed by atoms with E-state index in [0.717, 1.165) is 25.5 Å². The average molecular weight is 225 g/mol. The lowest BCUT2D eigenvalue weighted by atomic mass is 9.77. The van der Waals surface area contributed by atoms with Crippen LogP contribution in [-0.2, 0) is 5.41 Å². The second-order valence-corrected chi connectivity index (χ2v) is 4.99. The number of rotatable bonds is 2. The van der Waals surface area contributed by atoms with Gasteiger partial charge in [-0.2, -0.15) is 0 Å². The highest BCUT2D eigenvalue weighted by Gasteiger charge is 2.35. The van der Waals surface area contributed by atoms with Gasteiger partial charge in [0.15, 0.2) is 0 Å². The fraction of sp³-hybridized carbons (Fsp3) is 0.538. The van der Waals surface area contributed by atoms with E-state index in [2.05, 4.69) is 5.32 Å². The average Bonchev–Trinajstić information content (AvgIpc) is 2.69. The van der Waals surface area contributed by atoms with Crippen LogP contribution in [0.4, 0.5) is 8.78 Å². The van der Waals surface area contributed by atoms with Gasteiger partial charge in [0, 0.05) is 17.5 Å². The molecule has 1 aromatic rings. The number of nitrogens with one attached hydrogen (secondary N) is 1. The van der Waals surface area contributed by atoms with Gasteiger partial charge in [-0.1, -0.05) is 19.9 Å². The molecule has 1 atom stereocenters. The lowest BCUT2D eigenvalue weighted by Gasteiger charge is -2.32. The molecule has 0 amide bonds. The normalized spacial score (nSPS) is 21.4. The summed E-state index contributed by atoms with van der Waals surface area (Å²) in [6, 6.07) is 4.12. The fourth-order valence-electron chi connectivity index (χ4n) is 2.50. The molecule has 0 aliphatic carbocycles. The highest BCUT2D eigenvalue weighted by atomic mass is 19.1. The molecule has 3 heteroatoms. The molecule has 1 unspecified atom stereocenters. The topological polar surface area (TPSA) is 12.0 Å². The van der Waals surface area contributed by atoms with Gasteiger partial charge in [0.25, 0.3) is 0 Å². The first-order chi connectivity index (χ1) is 7.51. The molecule has 2 rings (SSSR count). The zero-order chi connectivity index (χ0) is 11.8. The first kappa shape index (κ1) is 11.5. The predicted molar refractivity (Wildman–Crippen MR) is 60.4 cm³/mol. The third kappa shape index (κ3) is 1.96. The summed E-state index contributed by atoms with van der Waals surface area (Å²) in [5.41, 5.74) is 0.294. The summed E-state index contributed by atoms with van der Waals surface area (Å²) < 4.78 is 26.6. The Morgan fingerprint density at radius 1 is 1.31 bits per heavy atom. The summed E-state index contributed by atoms with van der Waals surface area (Å²) in [4.78, 5) is 0. The lowest BCUT2D eigenvalue weighted by Crippen LogP contribution is -2.41. The molecule has 1 aromatic carbocycles. The van der Waals surface area contributed by atoms with Gasteiger partial charge >= 0.3 is 0 Å². The molecule has 1 aliphatic rings. The minimum Gasteiger partial charge on any atom is -0.313 e. The van der Waals surface area contributed by atoms with Crippen molar-refractivity contribution in [2.45, 2.75) is 38.1 Å². The van der Waals surface area contributed by atoms with E-state index in [1.165, 1.54) is 6.07 Å². The van der Waals surface area contributed by atoms with Crippen molar-refractivity contribution in [2.24, 2.45) is 0 Å². The standard InChI is InChI=1S/C13H17F2N/c1-13(2,12-4-3-7-16-12)10-6-5-9(14)8-11(10)15/h5-6,8,12,16H,3-4,7H2,1-2H3. The van der Waals surface area contributed by atoms with Crippen molar-refractivity contribution in [3.8, 4) is 0 Å². The van der Waals surface area contributed by atoms with Crippen molar-refractivity contribution in [3.63, 3.8) is 0 Å². The molecule has 0 aromatic heterocycles. The first-order valence-corrected chi connectivity index (χ1v) is 5.71. The van der Waals surface area contributed by atoms with Crippen LogP contribution in [0.25, 0.3) is 0 Å². The summed E-state index contributed by atoms with van der Waals surface area (Å²) in [5, 5.41) is 3.38. The molecule has 16 heavy (non-hydrogen) atoms. The third-order valence-corrected chi connectivity index (χ3v) is 3.56. The van der Waals surface area contributed by atoms with Crippen LogP contribution < -0.4 is 5.32 Å². The highest BCUT2D eigenvalue weighted by Crippen LogP contribution is 2.33. The van der Waals surface area contributed by atoms with Crippen LogP contribution in [0.15, 0.2) is 18.2 Å². The number of halogens is 2. The SMILES string of the molecule is CC(C)(c1ccc(F)cc1F)C1CCCN1. The highest BCUT2D eigenvalue weighted by molar-refractivity contribution is 5.28. The summed E-state index contributed by atoms with van der Waals surface area (Å²) in [6.45, 7) is 5.00. The van der Waals surface area contributed by atoms with Crippen molar-refractivity contribution in [1.29, 1.82) is 0 Å². The zero-order valence-electron chi connectivity index (χ0n) is 9.69. The number of hydrogen-bond acceptors (Lipinski definition) is 1. The molecule has 1 aliphatic heterocycles. The van der Waals surface area contributed by atoms with Crippen molar-refractivity contribution in [3.05, 3.63) is 35.4 Å². The summed E-state index contributed by atoms with van der Waals surface area (Å²) >= 11 is 0. The lowest BCUT2D eigenvalue weighted by molar-refractivity contribution is 0.362. The van der Waals surface area contributed by atoms with Crippen LogP contribution in [0.5, 0.6) is 0 Å². The predicted octanol–water partition coefficient (Wildman–Crippen LogP) is 2.99. The molecule has 0 saturated carbocycles. The van der Waals surface area contributed by atoms with E-state index in [-0.39, 0.29) is 11.5 Å². The smallest absolute Gasteiger partial charge is 0.129 e. The fourth-order valence-corrected chi connectivity index (χ4v) is 2.50. The summed E-state index contributed by atoms with van der Waals surface area (Å²) in [5.74, 6) is -0.963. The van der Waals surface area contributed by atoms with Gasteiger partial charge < -0.3 is 5.32 Å². The van der Waals surface area contributed by atoms with E-state index < -0.39 is 11.6 Å². The molecular formula is C13H17F2N. The van der Waals surface area contributed by atoms with Gasteiger partial charge in [0.1, 0.15) is 11.6 Å². The van der Waals surface area contributed by atoms with Crippen molar-refractivity contribution >= 4 is 0 Å². The van der Waals surface area contributed by atoms with Gasteiger partial charge in [-0.15, -0.1) is 0 Å². The van der Waals surface area contributed by atoms with Crippen LogP contribution in [0.2, 0.25) is 0 Å². The Morgan fingerprint density at radius 2 is 2.06 bits per heavy atom. The molecule has 88 valence electrons. The van der Waals surface area contributed by atoms with Gasteiger partial charge in [0.2, 0.25) is 0 Å². The molecular weight excluding hydrogens is 208 g/mol. The van der Waals surface area contributed by atoms with E-state index in [1.54, 1.807) is 6.07 Å². The Balaban J connectivity index is 2.34. The molecule has 1 heterocycles. The largest absolute Gasteiger partial charge is 0.313 e. The van der Waals surface area contributed by atoms with Gasteiger partial charge in [-0.25, -0.2) is 8.78 Å². The molecule has 1 saturated heterocycles. The van der Waals surface area contributed by atoms with Crippen LogP contribution in [-0.4, -0.2) is 12.6 Å². The molecule has 0 spiro atoms. The molecule has 1 fully saturated rings. The second kappa shape index (κ2) is 4.13. The Labute approximate surface area is 94.9 Å². The van der Waals surface area contributed by atoms with E-state index in [0.29, 0.717) is 5.56 Å². The van der Waals surface area contributed by atoms with E-state index >= 15 is 0 Å². The second-order valence-electron chi connectivity index (χ2n) is 4.99. The summed E-state index contributed by atoms with van der Waals surface area (Å²) in [7, 11) is 0. The Hall–Kier alpha value is -0.960. The van der Waals surface area contributed by atoms with Crippen molar-refractivity contribution < 1.29 is 8.78 Å². The van der Waals surface area contributed by atoms with E-state index in [4.69, 9.17) is 0 Å². The van der Waals surface area contributed by atoms with Crippen molar-refractivity contribution in [2.75, 3.05) is 6.54 Å². The van der Waals surface area contributed by atoms with E-state index in [1.807, 2.05) is 13.8 Å². The van der Waals surface area contributed by atoms with Gasteiger partial charge in [0.05, 0.1) is 0 Å². The molecule has 1 nitrogen and oxygen atoms in total. The van der Waals surface area contributed by atoms with Gasteiger partial charge in [-0.05, 0) is 31.0 Å². The maximum Gasteiger partial charge on any atom is 0.129 e. The Bertz CT molecular complexity index is 382. The minimum absolute atomic E-state index is 0.271. The quantitative estimate of drug-likeness (QED) is 0.816. The number of benzene rings is 1. The zero-order valence-corrected chi connectivity index (χ0v) is 9.69. The van der Waals surface area contributed by atoms with E-state index in [9.17, 15) is 8.78 Å². The first-order valence-electron chi connectivity index (χ1n) is 5.71. The Morgan fingerprint density at radius 3 is 2.62 bits per heavy atom. The Kier molecular flexibility index (Phi) is 2.98. The maximum atomic E-state index is 13.7. The summed E-state index contributed by atoms with van der Waals surface area (Å²) in [6.07, 6.45) is 2.17. The van der Waals surface area contributed by atoms with Crippen LogP contribution in [0.3, 0.4) is 0 Å². The molecule has 0 bridgehead atoms. The maximum absolute atomic E-state index is 13.7. The van der Waals surface area contributed by atoms with Gasteiger partial charge in [-0.3, -0.25) is 0 Å². The monoisotopic (exact) mass is 225 g/mol.